The summed E-state index contributed by atoms with van der Waals surface area (Å²) in [6.45, 7) is 3.26. The Labute approximate surface area is 102 Å². The van der Waals surface area contributed by atoms with Crippen molar-refractivity contribution >= 4 is 10.0 Å². The molecule has 94 valence electrons. The largest absolute Gasteiger partial charge is 0.329 e. The first kappa shape index (κ1) is 12.5. The normalized spacial score (nSPS) is 24.0. The second-order valence-electron chi connectivity index (χ2n) is 4.45. The number of hydrogen-bond acceptors (Lipinski definition) is 3. The highest BCUT2D eigenvalue weighted by Crippen LogP contribution is 2.24. The molecule has 1 fully saturated rings. The van der Waals surface area contributed by atoms with Gasteiger partial charge in [-0.1, -0.05) is 24.3 Å². The predicted molar refractivity (Wildman–Crippen MR) is 68.0 cm³/mol. The summed E-state index contributed by atoms with van der Waals surface area (Å²) in [4.78, 5) is 0. The van der Waals surface area contributed by atoms with Crippen LogP contribution in [0.4, 0.5) is 0 Å². The summed E-state index contributed by atoms with van der Waals surface area (Å²) >= 11 is 0. The van der Waals surface area contributed by atoms with Crippen molar-refractivity contribution < 1.29 is 8.42 Å². The highest BCUT2D eigenvalue weighted by atomic mass is 32.2. The molecule has 4 nitrogen and oxygen atoms in total. The van der Waals surface area contributed by atoms with Crippen LogP contribution in [0.1, 0.15) is 17.5 Å². The van der Waals surface area contributed by atoms with E-state index in [2.05, 4.69) is 0 Å². The standard InChI is InChI=1S/C12H18N2O2S/c1-10-4-2-3-5-11(10)9-14-7-6-12(8-13)17(14,15)16/h2-5,12H,6-9,13H2,1H3/t12-/m1/s1. The van der Waals surface area contributed by atoms with E-state index < -0.39 is 15.3 Å². The zero-order chi connectivity index (χ0) is 12.5. The van der Waals surface area contributed by atoms with Crippen LogP contribution in [0.2, 0.25) is 0 Å². The average molecular weight is 254 g/mol. The van der Waals surface area contributed by atoms with Crippen LogP contribution in [0.15, 0.2) is 24.3 Å². The SMILES string of the molecule is Cc1ccccc1CN1CC[C@H](CN)S1(=O)=O. The molecular formula is C12H18N2O2S. The van der Waals surface area contributed by atoms with E-state index in [0.29, 0.717) is 19.5 Å². The Morgan fingerprint density at radius 2 is 2.12 bits per heavy atom. The van der Waals surface area contributed by atoms with Crippen LogP contribution in [-0.2, 0) is 16.6 Å². The molecule has 1 heterocycles. The molecule has 2 N–H and O–H groups in total. The van der Waals surface area contributed by atoms with Gasteiger partial charge in [-0.05, 0) is 24.5 Å². The fourth-order valence-electron chi connectivity index (χ4n) is 2.16. The van der Waals surface area contributed by atoms with Crippen molar-refractivity contribution in [2.45, 2.75) is 25.1 Å². The molecule has 1 aromatic rings. The zero-order valence-electron chi connectivity index (χ0n) is 9.96. The highest BCUT2D eigenvalue weighted by Gasteiger charge is 2.37. The molecule has 1 aliphatic heterocycles. The number of nitrogens with zero attached hydrogens (tertiary/aromatic N) is 1. The molecule has 1 saturated heterocycles. The molecule has 0 amide bonds. The Hall–Kier alpha value is -0.910. The lowest BCUT2D eigenvalue weighted by molar-refractivity contribution is 0.439. The van der Waals surface area contributed by atoms with Gasteiger partial charge in [0.15, 0.2) is 0 Å². The second-order valence-corrected chi connectivity index (χ2v) is 6.66. The molecular weight excluding hydrogens is 236 g/mol. The average Bonchev–Trinajstić information content (AvgIpc) is 2.57. The molecule has 0 bridgehead atoms. The summed E-state index contributed by atoms with van der Waals surface area (Å²) < 4.78 is 25.7. The van der Waals surface area contributed by atoms with Gasteiger partial charge in [-0.3, -0.25) is 0 Å². The Balaban J connectivity index is 2.19. The summed E-state index contributed by atoms with van der Waals surface area (Å²) in [6.07, 6.45) is 0.644. The van der Waals surface area contributed by atoms with Crippen molar-refractivity contribution in [3.63, 3.8) is 0 Å². The van der Waals surface area contributed by atoms with E-state index in [1.165, 1.54) is 0 Å². The third-order valence-electron chi connectivity index (χ3n) is 3.35. The monoisotopic (exact) mass is 254 g/mol. The smallest absolute Gasteiger partial charge is 0.218 e. The summed E-state index contributed by atoms with van der Waals surface area (Å²) in [6, 6.07) is 7.87. The van der Waals surface area contributed by atoms with E-state index >= 15 is 0 Å². The Kier molecular flexibility index (Phi) is 3.51. The maximum absolute atomic E-state index is 12.1. The van der Waals surface area contributed by atoms with Gasteiger partial charge in [0.1, 0.15) is 0 Å². The minimum absolute atomic E-state index is 0.215. The molecule has 0 aliphatic carbocycles. The van der Waals surface area contributed by atoms with Gasteiger partial charge in [0.05, 0.1) is 5.25 Å². The van der Waals surface area contributed by atoms with E-state index in [4.69, 9.17) is 5.73 Å². The fraction of sp³-hybridized carbons (Fsp3) is 0.500. The van der Waals surface area contributed by atoms with Crippen molar-refractivity contribution in [1.29, 1.82) is 0 Å². The number of benzene rings is 1. The second kappa shape index (κ2) is 4.76. The molecule has 0 aromatic heterocycles. The molecule has 0 spiro atoms. The van der Waals surface area contributed by atoms with Crippen LogP contribution in [0.5, 0.6) is 0 Å². The molecule has 5 heteroatoms. The summed E-state index contributed by atoms with van der Waals surface area (Å²) in [5, 5.41) is -0.397. The zero-order valence-corrected chi connectivity index (χ0v) is 10.8. The van der Waals surface area contributed by atoms with Crippen molar-refractivity contribution in [2.24, 2.45) is 5.73 Å². The third kappa shape index (κ3) is 2.36. The van der Waals surface area contributed by atoms with Gasteiger partial charge in [-0.2, -0.15) is 4.31 Å². The number of aryl methyl sites for hydroxylation is 1. The third-order valence-corrected chi connectivity index (χ3v) is 5.65. The van der Waals surface area contributed by atoms with E-state index in [-0.39, 0.29) is 6.54 Å². The van der Waals surface area contributed by atoms with E-state index in [1.54, 1.807) is 4.31 Å². The van der Waals surface area contributed by atoms with Crippen molar-refractivity contribution in [1.82, 2.24) is 4.31 Å². The Morgan fingerprint density at radius 1 is 1.41 bits per heavy atom. The first-order valence-electron chi connectivity index (χ1n) is 5.79. The number of rotatable bonds is 3. The lowest BCUT2D eigenvalue weighted by Crippen LogP contribution is -2.33. The predicted octanol–water partition coefficient (Wildman–Crippen LogP) is 0.858. The van der Waals surface area contributed by atoms with Crippen molar-refractivity contribution in [3.8, 4) is 0 Å². The van der Waals surface area contributed by atoms with Crippen molar-refractivity contribution in [2.75, 3.05) is 13.1 Å². The van der Waals surface area contributed by atoms with E-state index in [9.17, 15) is 8.42 Å². The summed E-state index contributed by atoms with van der Waals surface area (Å²) in [7, 11) is -3.18. The molecule has 2 rings (SSSR count). The van der Waals surface area contributed by atoms with Gasteiger partial charge < -0.3 is 5.73 Å². The van der Waals surface area contributed by atoms with Crippen LogP contribution in [-0.4, -0.2) is 31.1 Å². The van der Waals surface area contributed by atoms with E-state index in [1.807, 2.05) is 31.2 Å². The maximum Gasteiger partial charge on any atom is 0.218 e. The molecule has 1 aromatic carbocycles. The van der Waals surface area contributed by atoms with Crippen LogP contribution in [0.25, 0.3) is 0 Å². The quantitative estimate of drug-likeness (QED) is 0.870. The highest BCUT2D eigenvalue weighted by molar-refractivity contribution is 7.90. The van der Waals surface area contributed by atoms with Gasteiger partial charge >= 0.3 is 0 Å². The van der Waals surface area contributed by atoms with Gasteiger partial charge in [0.25, 0.3) is 0 Å². The summed E-state index contributed by atoms with van der Waals surface area (Å²) in [5.41, 5.74) is 7.68. The number of hydrogen-bond donors (Lipinski definition) is 1. The lowest BCUT2D eigenvalue weighted by atomic mass is 10.1. The topological polar surface area (TPSA) is 63.4 Å². The minimum atomic E-state index is -3.18. The molecule has 0 unspecified atom stereocenters. The number of sulfonamides is 1. The molecule has 17 heavy (non-hydrogen) atoms. The number of nitrogens with two attached hydrogens (primary N) is 1. The maximum atomic E-state index is 12.1. The van der Waals surface area contributed by atoms with Crippen molar-refractivity contribution in [3.05, 3.63) is 35.4 Å². The van der Waals surface area contributed by atoms with Gasteiger partial charge in [-0.25, -0.2) is 8.42 Å². The Bertz CT molecular complexity index is 499. The van der Waals surface area contributed by atoms with Crippen LogP contribution in [0, 0.1) is 6.92 Å². The molecule has 0 radical (unpaired) electrons. The van der Waals surface area contributed by atoms with Gasteiger partial charge in [0.2, 0.25) is 10.0 Å². The fourth-order valence-corrected chi connectivity index (χ4v) is 3.91. The van der Waals surface area contributed by atoms with Gasteiger partial charge in [-0.15, -0.1) is 0 Å². The molecule has 1 aliphatic rings. The van der Waals surface area contributed by atoms with Crippen LogP contribution >= 0.6 is 0 Å². The molecule has 1 atom stereocenters. The van der Waals surface area contributed by atoms with Crippen LogP contribution in [0.3, 0.4) is 0 Å². The molecule has 0 saturated carbocycles. The van der Waals surface area contributed by atoms with E-state index in [0.717, 1.165) is 11.1 Å². The Morgan fingerprint density at radius 3 is 2.71 bits per heavy atom. The summed E-state index contributed by atoms with van der Waals surface area (Å²) in [5.74, 6) is 0. The van der Waals surface area contributed by atoms with Gasteiger partial charge in [0, 0.05) is 19.6 Å². The van der Waals surface area contributed by atoms with Crippen LogP contribution < -0.4 is 5.73 Å². The minimum Gasteiger partial charge on any atom is -0.329 e. The lowest BCUT2D eigenvalue weighted by Gasteiger charge is -2.17. The first-order chi connectivity index (χ1) is 8.05. The first-order valence-corrected chi connectivity index (χ1v) is 7.29.